The number of benzene rings is 1. The molecule has 1 fully saturated rings. The van der Waals surface area contributed by atoms with Crippen molar-refractivity contribution in [3.63, 3.8) is 0 Å². The molecular formula is C15H24N2O4S. The van der Waals surface area contributed by atoms with E-state index in [9.17, 15) is 8.42 Å². The maximum Gasteiger partial charge on any atom is 0.279 e. The van der Waals surface area contributed by atoms with Gasteiger partial charge in [-0.25, -0.2) is 0 Å². The Hall–Kier alpha value is -1.31. The van der Waals surface area contributed by atoms with Gasteiger partial charge in [0.05, 0.1) is 14.2 Å². The monoisotopic (exact) mass is 328 g/mol. The molecule has 1 N–H and O–H groups in total. The Kier molecular flexibility index (Phi) is 6.05. The highest BCUT2D eigenvalue weighted by molar-refractivity contribution is 7.87. The first kappa shape index (κ1) is 17.1. The summed E-state index contributed by atoms with van der Waals surface area (Å²) in [5, 5.41) is 0. The second kappa shape index (κ2) is 7.80. The van der Waals surface area contributed by atoms with E-state index in [2.05, 4.69) is 4.72 Å². The van der Waals surface area contributed by atoms with Gasteiger partial charge in [0.1, 0.15) is 11.5 Å². The highest BCUT2D eigenvalue weighted by Gasteiger charge is 2.22. The van der Waals surface area contributed by atoms with Crippen molar-refractivity contribution in [3.05, 3.63) is 23.8 Å². The fourth-order valence-electron chi connectivity index (χ4n) is 2.54. The van der Waals surface area contributed by atoms with Crippen molar-refractivity contribution in [2.75, 3.05) is 27.3 Å². The van der Waals surface area contributed by atoms with Crippen molar-refractivity contribution in [1.82, 2.24) is 9.03 Å². The molecule has 7 heteroatoms. The SMILES string of the molecule is COc1ccc(CNS(=O)(=O)N2CCCCCC2)c(OC)c1. The summed E-state index contributed by atoms with van der Waals surface area (Å²) in [6.45, 7) is 1.39. The Labute approximate surface area is 132 Å². The van der Waals surface area contributed by atoms with Gasteiger partial charge in [-0.15, -0.1) is 0 Å². The number of nitrogens with zero attached hydrogens (tertiary/aromatic N) is 1. The minimum Gasteiger partial charge on any atom is -0.497 e. The lowest BCUT2D eigenvalue weighted by Gasteiger charge is -2.20. The molecule has 0 unspecified atom stereocenters. The van der Waals surface area contributed by atoms with Crippen LogP contribution in [-0.2, 0) is 16.8 Å². The molecule has 1 aliphatic rings. The smallest absolute Gasteiger partial charge is 0.279 e. The number of rotatable bonds is 6. The molecule has 0 bridgehead atoms. The highest BCUT2D eigenvalue weighted by atomic mass is 32.2. The zero-order chi connectivity index (χ0) is 16.0. The second-order valence-corrected chi connectivity index (χ2v) is 7.07. The number of nitrogens with one attached hydrogen (secondary N) is 1. The normalized spacial score (nSPS) is 17.0. The van der Waals surface area contributed by atoms with E-state index in [1.807, 2.05) is 6.07 Å². The number of methoxy groups -OCH3 is 2. The maximum atomic E-state index is 12.4. The summed E-state index contributed by atoms with van der Waals surface area (Å²) in [6.07, 6.45) is 4.04. The zero-order valence-electron chi connectivity index (χ0n) is 13.2. The van der Waals surface area contributed by atoms with Crippen LogP contribution in [0.25, 0.3) is 0 Å². The molecule has 1 aliphatic heterocycles. The average Bonchev–Trinajstić information content (AvgIpc) is 2.82. The lowest BCUT2D eigenvalue weighted by Crippen LogP contribution is -2.40. The minimum absolute atomic E-state index is 0.200. The molecule has 0 spiro atoms. The van der Waals surface area contributed by atoms with Crippen molar-refractivity contribution in [1.29, 1.82) is 0 Å². The van der Waals surface area contributed by atoms with Crippen LogP contribution in [0.2, 0.25) is 0 Å². The van der Waals surface area contributed by atoms with Gasteiger partial charge in [-0.2, -0.15) is 17.4 Å². The third kappa shape index (κ3) is 4.34. The predicted molar refractivity (Wildman–Crippen MR) is 85.3 cm³/mol. The molecular weight excluding hydrogens is 304 g/mol. The van der Waals surface area contributed by atoms with Gasteiger partial charge in [0.2, 0.25) is 0 Å². The molecule has 6 nitrogen and oxygen atoms in total. The summed E-state index contributed by atoms with van der Waals surface area (Å²) in [5.74, 6) is 1.29. The molecule has 0 aliphatic carbocycles. The van der Waals surface area contributed by atoms with Gasteiger partial charge in [0, 0.05) is 31.3 Å². The predicted octanol–water partition coefficient (Wildman–Crippen LogP) is 1.91. The van der Waals surface area contributed by atoms with Crippen LogP contribution in [0.4, 0.5) is 0 Å². The van der Waals surface area contributed by atoms with E-state index in [0.29, 0.717) is 24.6 Å². The summed E-state index contributed by atoms with van der Waals surface area (Å²) in [7, 11) is -0.312. The van der Waals surface area contributed by atoms with Gasteiger partial charge in [-0.05, 0) is 18.9 Å². The van der Waals surface area contributed by atoms with E-state index < -0.39 is 10.2 Å². The molecule has 2 rings (SSSR count). The Morgan fingerprint density at radius 1 is 1.09 bits per heavy atom. The summed E-state index contributed by atoms with van der Waals surface area (Å²) >= 11 is 0. The molecule has 124 valence electrons. The van der Waals surface area contributed by atoms with Crippen LogP contribution in [0.1, 0.15) is 31.2 Å². The fraction of sp³-hybridized carbons (Fsp3) is 0.600. The van der Waals surface area contributed by atoms with E-state index in [1.54, 1.807) is 26.4 Å². The van der Waals surface area contributed by atoms with Crippen molar-refractivity contribution in [2.24, 2.45) is 0 Å². The third-order valence-electron chi connectivity index (χ3n) is 3.84. The first-order chi connectivity index (χ1) is 10.6. The zero-order valence-corrected chi connectivity index (χ0v) is 14.0. The molecule has 0 atom stereocenters. The largest absolute Gasteiger partial charge is 0.497 e. The topological polar surface area (TPSA) is 67.9 Å². The summed E-state index contributed by atoms with van der Waals surface area (Å²) in [6, 6.07) is 5.34. The second-order valence-electron chi connectivity index (χ2n) is 5.32. The molecule has 1 saturated heterocycles. The molecule has 1 aromatic carbocycles. The van der Waals surface area contributed by atoms with Crippen molar-refractivity contribution in [3.8, 4) is 11.5 Å². The summed E-state index contributed by atoms with van der Waals surface area (Å²) in [5.41, 5.74) is 0.779. The van der Waals surface area contributed by atoms with Gasteiger partial charge in [-0.3, -0.25) is 0 Å². The molecule has 0 radical (unpaired) electrons. The number of hydrogen-bond donors (Lipinski definition) is 1. The Morgan fingerprint density at radius 2 is 1.77 bits per heavy atom. The van der Waals surface area contributed by atoms with Crippen molar-refractivity contribution < 1.29 is 17.9 Å². The van der Waals surface area contributed by atoms with Gasteiger partial charge in [-0.1, -0.05) is 18.9 Å². The van der Waals surface area contributed by atoms with Crippen LogP contribution in [0.3, 0.4) is 0 Å². The third-order valence-corrected chi connectivity index (χ3v) is 5.40. The standard InChI is InChI=1S/C15H24N2O4S/c1-20-14-8-7-13(15(11-14)21-2)12-16-22(18,19)17-9-5-3-4-6-10-17/h7-8,11,16H,3-6,9-10,12H2,1-2H3. The Morgan fingerprint density at radius 3 is 2.36 bits per heavy atom. The van der Waals surface area contributed by atoms with Crippen molar-refractivity contribution >= 4 is 10.2 Å². The number of hydrogen-bond acceptors (Lipinski definition) is 4. The minimum atomic E-state index is -3.45. The maximum absolute atomic E-state index is 12.4. The van der Waals surface area contributed by atoms with Crippen LogP contribution in [0.15, 0.2) is 18.2 Å². The van der Waals surface area contributed by atoms with Crippen LogP contribution in [0, 0.1) is 0 Å². The van der Waals surface area contributed by atoms with E-state index in [-0.39, 0.29) is 6.54 Å². The average molecular weight is 328 g/mol. The lowest BCUT2D eigenvalue weighted by atomic mass is 10.2. The first-order valence-electron chi connectivity index (χ1n) is 7.52. The first-order valence-corrected chi connectivity index (χ1v) is 8.96. The van der Waals surface area contributed by atoms with Crippen LogP contribution >= 0.6 is 0 Å². The van der Waals surface area contributed by atoms with E-state index in [4.69, 9.17) is 9.47 Å². The van der Waals surface area contributed by atoms with E-state index in [0.717, 1.165) is 31.2 Å². The molecule has 1 heterocycles. The Bertz CT molecular complexity index is 581. The number of ether oxygens (including phenoxy) is 2. The molecule has 0 saturated carbocycles. The molecule has 0 amide bonds. The molecule has 1 aromatic rings. The molecule has 22 heavy (non-hydrogen) atoms. The van der Waals surface area contributed by atoms with E-state index >= 15 is 0 Å². The van der Waals surface area contributed by atoms with Gasteiger partial charge < -0.3 is 9.47 Å². The summed E-state index contributed by atoms with van der Waals surface area (Å²) < 4.78 is 39.4. The lowest BCUT2D eigenvalue weighted by molar-refractivity contribution is 0.389. The van der Waals surface area contributed by atoms with Crippen LogP contribution in [-0.4, -0.2) is 40.0 Å². The van der Waals surface area contributed by atoms with Crippen molar-refractivity contribution in [2.45, 2.75) is 32.2 Å². The quantitative estimate of drug-likeness (QED) is 0.866. The highest BCUT2D eigenvalue weighted by Crippen LogP contribution is 2.24. The van der Waals surface area contributed by atoms with Gasteiger partial charge in [0.15, 0.2) is 0 Å². The van der Waals surface area contributed by atoms with Gasteiger partial charge >= 0.3 is 0 Å². The Balaban J connectivity index is 2.05. The van der Waals surface area contributed by atoms with Crippen LogP contribution < -0.4 is 14.2 Å². The fourth-order valence-corrected chi connectivity index (χ4v) is 3.80. The van der Waals surface area contributed by atoms with E-state index in [1.165, 1.54) is 4.31 Å². The molecule has 0 aromatic heterocycles. The summed E-state index contributed by atoms with van der Waals surface area (Å²) in [4.78, 5) is 0. The van der Waals surface area contributed by atoms with Crippen LogP contribution in [0.5, 0.6) is 11.5 Å². The van der Waals surface area contributed by atoms with Gasteiger partial charge in [0.25, 0.3) is 10.2 Å².